The molecule has 4 bridgehead atoms. The highest BCUT2D eigenvalue weighted by Gasteiger charge is 2.52. The summed E-state index contributed by atoms with van der Waals surface area (Å²) in [5.41, 5.74) is 2.73. The van der Waals surface area contributed by atoms with Gasteiger partial charge in [0.1, 0.15) is 5.82 Å². The van der Waals surface area contributed by atoms with Gasteiger partial charge in [-0.15, -0.1) is 11.6 Å². The number of aromatic nitrogens is 2. The van der Waals surface area contributed by atoms with Crippen LogP contribution in [0, 0.1) is 17.8 Å². The van der Waals surface area contributed by atoms with Gasteiger partial charge < -0.3 is 4.57 Å². The van der Waals surface area contributed by atoms with Gasteiger partial charge in [-0.3, -0.25) is 0 Å². The summed E-state index contributed by atoms with van der Waals surface area (Å²) in [4.78, 5) is 4.82. The molecule has 2 nitrogen and oxygen atoms in total. The first-order valence-corrected chi connectivity index (χ1v) is 8.84. The lowest BCUT2D eigenvalue weighted by Crippen LogP contribution is -2.52. The van der Waals surface area contributed by atoms with Gasteiger partial charge >= 0.3 is 0 Å². The van der Waals surface area contributed by atoms with Crippen molar-refractivity contribution >= 4 is 22.6 Å². The number of hydrogen-bond donors (Lipinski definition) is 0. The Kier molecular flexibility index (Phi) is 2.54. The Balaban J connectivity index is 1.73. The van der Waals surface area contributed by atoms with E-state index in [1.54, 1.807) is 0 Å². The molecule has 6 rings (SSSR count). The van der Waals surface area contributed by atoms with Crippen molar-refractivity contribution in [2.75, 3.05) is 0 Å². The Morgan fingerprint density at radius 2 is 1.67 bits per heavy atom. The maximum atomic E-state index is 6.26. The van der Waals surface area contributed by atoms with E-state index in [9.17, 15) is 0 Å². The van der Waals surface area contributed by atoms with Crippen LogP contribution in [0.1, 0.15) is 44.3 Å². The Morgan fingerprint density at radius 3 is 2.29 bits per heavy atom. The Bertz CT molecular complexity index is 667. The maximum Gasteiger partial charge on any atom is 0.125 e. The van der Waals surface area contributed by atoms with Crippen molar-refractivity contribution in [3.8, 4) is 0 Å². The summed E-state index contributed by atoms with van der Waals surface area (Å²) in [7, 11) is 0. The fraction of sp³-hybridized carbons (Fsp3) is 0.611. The number of benzene rings is 1. The molecule has 0 unspecified atom stereocenters. The molecule has 0 aliphatic heterocycles. The molecular weight excluding hydrogens is 280 g/mol. The zero-order valence-electron chi connectivity index (χ0n) is 12.3. The van der Waals surface area contributed by atoms with Crippen molar-refractivity contribution in [3.05, 3.63) is 30.1 Å². The average molecular weight is 301 g/mol. The van der Waals surface area contributed by atoms with Crippen LogP contribution < -0.4 is 0 Å². The van der Waals surface area contributed by atoms with Crippen LogP contribution in [-0.2, 0) is 11.4 Å². The van der Waals surface area contributed by atoms with E-state index in [4.69, 9.17) is 16.6 Å². The van der Waals surface area contributed by atoms with Crippen LogP contribution in [0.3, 0.4) is 0 Å². The average Bonchev–Trinajstić information content (AvgIpc) is 2.85. The molecule has 2 aromatic rings. The molecule has 0 radical (unpaired) electrons. The van der Waals surface area contributed by atoms with E-state index in [0.29, 0.717) is 11.4 Å². The summed E-state index contributed by atoms with van der Waals surface area (Å²) in [6, 6.07) is 8.58. The second kappa shape index (κ2) is 4.25. The molecule has 1 aromatic heterocycles. The second-order valence-electron chi connectivity index (χ2n) is 7.63. The standard InChI is InChI=1S/C18H21ClN2/c19-11-17-20-15-3-1-2-4-16(15)21(17)18-8-12-5-13(9-18)7-14(6-12)10-18/h1-4,12-14H,5-11H2. The van der Waals surface area contributed by atoms with Gasteiger partial charge in [-0.2, -0.15) is 0 Å². The van der Waals surface area contributed by atoms with Gasteiger partial charge in [0.15, 0.2) is 0 Å². The van der Waals surface area contributed by atoms with Crippen LogP contribution in [0.5, 0.6) is 0 Å². The molecular formula is C18H21ClN2. The van der Waals surface area contributed by atoms with Crippen LogP contribution in [0.25, 0.3) is 11.0 Å². The smallest absolute Gasteiger partial charge is 0.125 e. The lowest BCUT2D eigenvalue weighted by Gasteiger charge is -2.57. The lowest BCUT2D eigenvalue weighted by atomic mass is 9.53. The number of nitrogens with zero attached hydrogens (tertiary/aromatic N) is 2. The van der Waals surface area contributed by atoms with Crippen molar-refractivity contribution in [1.82, 2.24) is 9.55 Å². The minimum atomic E-state index is 0.315. The number of fused-ring (bicyclic) bond motifs is 1. The topological polar surface area (TPSA) is 17.8 Å². The van der Waals surface area contributed by atoms with Crippen LogP contribution >= 0.6 is 11.6 Å². The zero-order valence-corrected chi connectivity index (χ0v) is 13.0. The number of rotatable bonds is 2. The van der Waals surface area contributed by atoms with Gasteiger partial charge in [-0.25, -0.2) is 4.98 Å². The van der Waals surface area contributed by atoms with Crippen molar-refractivity contribution in [2.24, 2.45) is 17.8 Å². The zero-order chi connectivity index (χ0) is 14.0. The first kappa shape index (κ1) is 12.5. The third-order valence-electron chi connectivity index (χ3n) is 6.23. The van der Waals surface area contributed by atoms with Crippen molar-refractivity contribution in [1.29, 1.82) is 0 Å². The minimum Gasteiger partial charge on any atom is -0.321 e. The fourth-order valence-corrected chi connectivity index (χ4v) is 6.21. The normalized spacial score (nSPS) is 37.5. The second-order valence-corrected chi connectivity index (χ2v) is 7.89. The first-order chi connectivity index (χ1) is 10.3. The van der Waals surface area contributed by atoms with Crippen LogP contribution in [0.4, 0.5) is 0 Å². The quantitative estimate of drug-likeness (QED) is 0.735. The highest BCUT2D eigenvalue weighted by atomic mass is 35.5. The Morgan fingerprint density at radius 1 is 1.05 bits per heavy atom. The highest BCUT2D eigenvalue weighted by Crippen LogP contribution is 2.59. The molecule has 0 N–H and O–H groups in total. The number of alkyl halides is 1. The third kappa shape index (κ3) is 1.69. The summed E-state index contributed by atoms with van der Waals surface area (Å²) in [5.74, 6) is 4.44. The van der Waals surface area contributed by atoms with Crippen molar-refractivity contribution < 1.29 is 0 Å². The molecule has 0 saturated heterocycles. The van der Waals surface area contributed by atoms with Gasteiger partial charge in [0, 0.05) is 5.54 Å². The maximum absolute atomic E-state index is 6.26. The summed E-state index contributed by atoms with van der Waals surface area (Å²) in [6.45, 7) is 0. The van der Waals surface area contributed by atoms with Gasteiger partial charge in [0.2, 0.25) is 0 Å². The summed E-state index contributed by atoms with van der Waals surface area (Å²) in [5, 5.41) is 0. The van der Waals surface area contributed by atoms with Gasteiger partial charge in [-0.05, 0) is 68.4 Å². The monoisotopic (exact) mass is 300 g/mol. The third-order valence-corrected chi connectivity index (χ3v) is 6.47. The molecule has 3 heteroatoms. The van der Waals surface area contributed by atoms with E-state index >= 15 is 0 Å². The molecule has 4 fully saturated rings. The van der Waals surface area contributed by atoms with E-state index in [2.05, 4.69) is 28.8 Å². The van der Waals surface area contributed by atoms with E-state index in [1.165, 1.54) is 44.0 Å². The largest absolute Gasteiger partial charge is 0.321 e. The number of imidazole rings is 1. The molecule has 4 aliphatic rings. The highest BCUT2D eigenvalue weighted by molar-refractivity contribution is 6.16. The lowest BCUT2D eigenvalue weighted by molar-refractivity contribution is -0.0420. The van der Waals surface area contributed by atoms with Crippen LogP contribution in [-0.4, -0.2) is 9.55 Å². The fourth-order valence-electron chi connectivity index (χ4n) is 6.03. The van der Waals surface area contributed by atoms with Gasteiger partial charge in [0.05, 0.1) is 16.9 Å². The predicted octanol–water partition coefficient (Wildman–Crippen LogP) is 4.70. The Labute approximate surface area is 130 Å². The summed E-state index contributed by atoms with van der Waals surface area (Å²) >= 11 is 6.26. The van der Waals surface area contributed by atoms with E-state index in [-0.39, 0.29) is 0 Å². The van der Waals surface area contributed by atoms with Gasteiger partial charge in [-0.1, -0.05) is 12.1 Å². The molecule has 4 saturated carbocycles. The first-order valence-electron chi connectivity index (χ1n) is 8.30. The van der Waals surface area contributed by atoms with Crippen LogP contribution in [0.2, 0.25) is 0 Å². The predicted molar refractivity (Wildman–Crippen MR) is 85.4 cm³/mol. The molecule has 4 aliphatic carbocycles. The number of para-hydroxylation sites is 2. The molecule has 110 valence electrons. The molecule has 1 aromatic carbocycles. The van der Waals surface area contributed by atoms with Crippen molar-refractivity contribution in [3.63, 3.8) is 0 Å². The summed E-state index contributed by atoms with van der Waals surface area (Å²) < 4.78 is 2.56. The van der Waals surface area contributed by atoms with Crippen LogP contribution in [0.15, 0.2) is 24.3 Å². The van der Waals surface area contributed by atoms with Gasteiger partial charge in [0.25, 0.3) is 0 Å². The number of halogens is 1. The molecule has 1 heterocycles. The minimum absolute atomic E-state index is 0.315. The summed E-state index contributed by atoms with van der Waals surface area (Å²) in [6.07, 6.45) is 8.47. The molecule has 0 amide bonds. The molecule has 21 heavy (non-hydrogen) atoms. The van der Waals surface area contributed by atoms with E-state index in [1.807, 2.05) is 0 Å². The number of hydrogen-bond acceptors (Lipinski definition) is 1. The molecule has 0 atom stereocenters. The van der Waals surface area contributed by atoms with E-state index < -0.39 is 0 Å². The molecule has 0 spiro atoms. The Hall–Kier alpha value is -1.02. The van der Waals surface area contributed by atoms with Crippen molar-refractivity contribution in [2.45, 2.75) is 49.9 Å². The van der Waals surface area contributed by atoms with E-state index in [0.717, 1.165) is 29.1 Å². The SMILES string of the molecule is ClCc1nc2ccccc2n1C12CC3CC(CC(C3)C1)C2.